The predicted octanol–water partition coefficient (Wildman–Crippen LogP) is 3.47. The van der Waals surface area contributed by atoms with Crippen LogP contribution in [0, 0.1) is 11.3 Å². The molecule has 0 bridgehead atoms. The van der Waals surface area contributed by atoms with Gasteiger partial charge in [0.15, 0.2) is 16.8 Å². The second kappa shape index (κ2) is 6.48. The Labute approximate surface area is 140 Å². The molecule has 2 heterocycles. The van der Waals surface area contributed by atoms with Gasteiger partial charge in [-0.25, -0.2) is 9.98 Å². The number of hydrogen-bond donors (Lipinski definition) is 3. The van der Waals surface area contributed by atoms with E-state index in [1.807, 2.05) is 6.07 Å². The van der Waals surface area contributed by atoms with Gasteiger partial charge < -0.3 is 11.1 Å². The Kier molecular flexibility index (Phi) is 4.23. The number of nitrogens with two attached hydrogens (primary N) is 1. The van der Waals surface area contributed by atoms with Gasteiger partial charge in [0.1, 0.15) is 11.6 Å². The first-order valence-corrected chi connectivity index (χ1v) is 7.61. The van der Waals surface area contributed by atoms with Crippen LogP contribution in [0.25, 0.3) is 0 Å². The van der Waals surface area contributed by atoms with Crippen molar-refractivity contribution >= 4 is 51.6 Å². The summed E-state index contributed by atoms with van der Waals surface area (Å²) >= 11 is 7.24. The lowest BCUT2D eigenvalue weighted by Gasteiger charge is -2.03. The molecule has 0 aliphatic heterocycles. The van der Waals surface area contributed by atoms with Crippen molar-refractivity contribution in [2.24, 2.45) is 4.99 Å². The number of aromatic amines is 1. The first-order valence-electron chi connectivity index (χ1n) is 6.42. The van der Waals surface area contributed by atoms with Gasteiger partial charge in [0, 0.05) is 23.1 Å². The number of nitrogens with zero attached hydrogens (tertiary/aromatic N) is 4. The monoisotopic (exact) mass is 343 g/mol. The normalized spacial score (nSPS) is 10.8. The van der Waals surface area contributed by atoms with Crippen LogP contribution in [0.3, 0.4) is 0 Å². The number of aliphatic imine (C=N–C) groups is 1. The molecule has 4 N–H and O–H groups in total. The zero-order chi connectivity index (χ0) is 16.2. The van der Waals surface area contributed by atoms with E-state index in [9.17, 15) is 5.26 Å². The fraction of sp³-hybridized carbons (Fsp3) is 0. The number of nitriles is 1. The van der Waals surface area contributed by atoms with E-state index < -0.39 is 0 Å². The number of halogens is 1. The lowest BCUT2D eigenvalue weighted by Crippen LogP contribution is -1.92. The van der Waals surface area contributed by atoms with E-state index in [-0.39, 0.29) is 0 Å². The van der Waals surface area contributed by atoms with Gasteiger partial charge in [-0.3, -0.25) is 5.10 Å². The lowest BCUT2D eigenvalue weighted by molar-refractivity contribution is 1.09. The Hall–Kier alpha value is -2.89. The van der Waals surface area contributed by atoms with Gasteiger partial charge in [-0.05, 0) is 18.2 Å². The predicted molar refractivity (Wildman–Crippen MR) is 91.8 cm³/mol. The van der Waals surface area contributed by atoms with Crippen molar-refractivity contribution in [3.63, 3.8) is 0 Å². The maximum atomic E-state index is 9.34. The van der Waals surface area contributed by atoms with E-state index in [1.165, 1.54) is 11.3 Å². The highest BCUT2D eigenvalue weighted by Gasteiger charge is 2.12. The topological polar surface area (TPSA) is 116 Å². The van der Waals surface area contributed by atoms with E-state index >= 15 is 0 Å². The zero-order valence-corrected chi connectivity index (χ0v) is 13.2. The molecule has 0 unspecified atom stereocenters. The number of thiazole rings is 1. The molecule has 0 saturated carbocycles. The molecule has 23 heavy (non-hydrogen) atoms. The van der Waals surface area contributed by atoms with E-state index in [1.54, 1.807) is 30.6 Å². The highest BCUT2D eigenvalue weighted by atomic mass is 35.5. The molecule has 7 nitrogen and oxygen atoms in total. The molecule has 114 valence electrons. The van der Waals surface area contributed by atoms with Gasteiger partial charge in [0.2, 0.25) is 0 Å². The number of benzene rings is 1. The Balaban J connectivity index is 1.85. The van der Waals surface area contributed by atoms with E-state index in [4.69, 9.17) is 17.3 Å². The molecule has 0 radical (unpaired) electrons. The summed E-state index contributed by atoms with van der Waals surface area (Å²) in [6.45, 7) is 0. The molecule has 2 aromatic heterocycles. The van der Waals surface area contributed by atoms with E-state index in [0.29, 0.717) is 27.4 Å². The number of nitrogens with one attached hydrogen (secondary N) is 2. The quantitative estimate of drug-likeness (QED) is 0.627. The van der Waals surface area contributed by atoms with Crippen LogP contribution < -0.4 is 11.1 Å². The van der Waals surface area contributed by atoms with E-state index in [0.717, 1.165) is 10.6 Å². The van der Waals surface area contributed by atoms with Crippen molar-refractivity contribution in [3.8, 4) is 6.07 Å². The molecule has 3 rings (SSSR count). The summed E-state index contributed by atoms with van der Waals surface area (Å²) in [7, 11) is 0. The first kappa shape index (κ1) is 15.0. The summed E-state index contributed by atoms with van der Waals surface area (Å²) in [5, 5.41) is 20.2. The number of hydrogen-bond acceptors (Lipinski definition) is 7. The van der Waals surface area contributed by atoms with Gasteiger partial charge >= 0.3 is 0 Å². The minimum absolute atomic E-state index is 0.304. The van der Waals surface area contributed by atoms with Crippen molar-refractivity contribution < 1.29 is 0 Å². The molecule has 0 amide bonds. The second-order valence-corrected chi connectivity index (χ2v) is 5.93. The minimum atomic E-state index is 0.304. The Morgan fingerprint density at radius 1 is 1.48 bits per heavy atom. The van der Waals surface area contributed by atoms with Crippen LogP contribution in [0.2, 0.25) is 5.02 Å². The Morgan fingerprint density at radius 3 is 3.04 bits per heavy atom. The van der Waals surface area contributed by atoms with Crippen LogP contribution in [0.4, 0.5) is 22.5 Å². The summed E-state index contributed by atoms with van der Waals surface area (Å²) < 4.78 is 0. The fourth-order valence-corrected chi connectivity index (χ4v) is 2.56. The largest absolute Gasteiger partial charge is 0.375 e. The maximum Gasteiger partial charge on any atom is 0.180 e. The average Bonchev–Trinajstić information content (AvgIpc) is 3.11. The molecule has 0 aliphatic rings. The third-order valence-corrected chi connectivity index (χ3v) is 3.80. The molecule has 0 spiro atoms. The third-order valence-electron chi connectivity index (χ3n) is 2.81. The Morgan fingerprint density at radius 2 is 2.35 bits per heavy atom. The summed E-state index contributed by atoms with van der Waals surface area (Å²) in [4.78, 5) is 8.94. The second-order valence-electron chi connectivity index (χ2n) is 4.40. The fourth-order valence-electron chi connectivity index (χ4n) is 1.81. The highest BCUT2D eigenvalue weighted by molar-refractivity contribution is 7.16. The van der Waals surface area contributed by atoms with Crippen molar-refractivity contribution in [3.05, 3.63) is 45.9 Å². The Bertz CT molecular complexity index is 906. The number of nitrogen functional groups attached to an aromatic ring is 1. The van der Waals surface area contributed by atoms with Crippen LogP contribution in [0.5, 0.6) is 0 Å². The van der Waals surface area contributed by atoms with Gasteiger partial charge in [0.25, 0.3) is 0 Å². The smallest absolute Gasteiger partial charge is 0.180 e. The molecular formula is C14H10ClN7S. The van der Waals surface area contributed by atoms with Crippen LogP contribution in [-0.4, -0.2) is 21.4 Å². The molecule has 9 heteroatoms. The average molecular weight is 344 g/mol. The standard InChI is InChI=1S/C14H10ClN7S/c15-8-2-1-3-9(4-8)20-13-11(5-16)12(21-22-13)18-6-10-7-19-14(17)23-10/h1-4,6-7H,(H2,17,19)(H2,20,21,22)/b18-6+. The number of anilines is 3. The van der Waals surface area contributed by atoms with Crippen molar-refractivity contribution in [1.29, 1.82) is 5.26 Å². The first-order chi connectivity index (χ1) is 11.2. The molecule has 1 aromatic carbocycles. The van der Waals surface area contributed by atoms with Crippen LogP contribution in [0.15, 0.2) is 35.5 Å². The summed E-state index contributed by atoms with van der Waals surface area (Å²) in [5.41, 5.74) is 6.59. The van der Waals surface area contributed by atoms with Crippen molar-refractivity contribution in [2.75, 3.05) is 11.1 Å². The molecule has 0 fully saturated rings. The molecule has 3 aromatic rings. The van der Waals surface area contributed by atoms with Gasteiger partial charge in [-0.15, -0.1) is 0 Å². The zero-order valence-electron chi connectivity index (χ0n) is 11.6. The summed E-state index contributed by atoms with van der Waals surface area (Å²) in [6, 6.07) is 9.21. The molecule has 0 saturated heterocycles. The molecule has 0 atom stereocenters. The highest BCUT2D eigenvalue weighted by Crippen LogP contribution is 2.27. The van der Waals surface area contributed by atoms with E-state index in [2.05, 4.69) is 31.6 Å². The van der Waals surface area contributed by atoms with Crippen molar-refractivity contribution in [1.82, 2.24) is 15.2 Å². The van der Waals surface area contributed by atoms with Crippen LogP contribution in [-0.2, 0) is 0 Å². The number of H-pyrrole nitrogens is 1. The SMILES string of the molecule is N#Cc1c(Nc2cccc(Cl)c2)n[nH]c1/N=C/c1cnc(N)s1. The van der Waals surface area contributed by atoms with Crippen LogP contribution in [0.1, 0.15) is 10.4 Å². The van der Waals surface area contributed by atoms with Crippen LogP contribution >= 0.6 is 22.9 Å². The molecular weight excluding hydrogens is 334 g/mol. The third kappa shape index (κ3) is 3.48. The number of rotatable bonds is 4. The van der Waals surface area contributed by atoms with Gasteiger partial charge in [-0.1, -0.05) is 29.0 Å². The van der Waals surface area contributed by atoms with Crippen molar-refractivity contribution in [2.45, 2.75) is 0 Å². The minimum Gasteiger partial charge on any atom is -0.375 e. The maximum absolute atomic E-state index is 9.34. The number of aromatic nitrogens is 3. The summed E-state index contributed by atoms with van der Waals surface area (Å²) in [6.07, 6.45) is 3.18. The van der Waals surface area contributed by atoms with Gasteiger partial charge in [0.05, 0.1) is 4.88 Å². The molecule has 0 aliphatic carbocycles. The van der Waals surface area contributed by atoms with Gasteiger partial charge in [-0.2, -0.15) is 10.4 Å². The summed E-state index contributed by atoms with van der Waals surface area (Å²) in [5.74, 6) is 0.731. The lowest BCUT2D eigenvalue weighted by atomic mass is 10.3.